The maximum atomic E-state index is 15.4. The van der Waals surface area contributed by atoms with Crippen LogP contribution in [-0.2, 0) is 36.4 Å². The summed E-state index contributed by atoms with van der Waals surface area (Å²) in [5.74, 6) is -4.22. The van der Waals surface area contributed by atoms with E-state index in [0.29, 0.717) is 34.0 Å². The highest BCUT2D eigenvalue weighted by Gasteiger charge is 2.38. The summed E-state index contributed by atoms with van der Waals surface area (Å²) in [6.45, 7) is -0.0890. The van der Waals surface area contributed by atoms with Crippen LogP contribution in [-0.4, -0.2) is 88.6 Å². The Morgan fingerprint density at radius 1 is 1.04 bits per heavy atom. The van der Waals surface area contributed by atoms with Crippen LogP contribution in [0.15, 0.2) is 47.3 Å². The van der Waals surface area contributed by atoms with E-state index in [4.69, 9.17) is 0 Å². The van der Waals surface area contributed by atoms with Gasteiger partial charge in [-0.15, -0.1) is 0 Å². The second-order valence-corrected chi connectivity index (χ2v) is 14.3. The number of rotatable bonds is 6. The zero-order valence-electron chi connectivity index (χ0n) is 26.6. The average Bonchev–Trinajstić information content (AvgIpc) is 3.45. The second-order valence-electron chi connectivity index (χ2n) is 12.7. The number of phenolic OH excluding ortho intramolecular Hbond substituents is 1. The average molecular weight is 710 g/mol. The van der Waals surface area contributed by atoms with Crippen molar-refractivity contribution in [1.29, 1.82) is 0 Å². The van der Waals surface area contributed by atoms with Gasteiger partial charge in [0.05, 0.1) is 23.7 Å². The fraction of sp³-hybridized carbons (Fsp3) is 0.344. The molecule has 3 saturated heterocycles. The Balaban J connectivity index is 1.02. The highest BCUT2D eigenvalue weighted by atomic mass is 32.2. The minimum absolute atomic E-state index is 0.0404. The number of nitrogens with one attached hydrogen (secondary N) is 3. The van der Waals surface area contributed by atoms with E-state index < -0.39 is 63.9 Å². The number of halogens is 1. The summed E-state index contributed by atoms with van der Waals surface area (Å²) in [6.07, 6.45) is 0.0156. The van der Waals surface area contributed by atoms with Gasteiger partial charge in [-0.25, -0.2) is 18.2 Å². The fourth-order valence-electron chi connectivity index (χ4n) is 7.07. The topological polar surface area (TPSA) is 212 Å². The van der Waals surface area contributed by atoms with Gasteiger partial charge in [0.25, 0.3) is 5.91 Å². The molecule has 0 bridgehead atoms. The second kappa shape index (κ2) is 12.2. The largest absolute Gasteiger partial charge is 0.506 e. The molecule has 0 saturated carbocycles. The van der Waals surface area contributed by atoms with Crippen molar-refractivity contribution >= 4 is 67.0 Å². The molecular formula is C32H32FN7O9S. The molecule has 0 aliphatic carbocycles. The third kappa shape index (κ3) is 5.73. The van der Waals surface area contributed by atoms with Gasteiger partial charge in [0.2, 0.25) is 17.7 Å². The molecule has 3 aliphatic heterocycles. The van der Waals surface area contributed by atoms with Gasteiger partial charge in [-0.2, -0.15) is 8.42 Å². The number of imidazole rings is 1. The molecule has 4 amide bonds. The Morgan fingerprint density at radius 3 is 2.52 bits per heavy atom. The number of fused-ring (bicyclic) bond motifs is 2. The number of hydrogen-bond acceptors (Lipinski definition) is 10. The molecule has 18 heteroatoms. The molecule has 3 aliphatic rings. The predicted molar refractivity (Wildman–Crippen MR) is 177 cm³/mol. The number of aliphatic hydroxyl groups excluding tert-OH is 1. The Morgan fingerprint density at radius 2 is 1.82 bits per heavy atom. The lowest BCUT2D eigenvalue weighted by Crippen LogP contribution is -2.45. The quantitative estimate of drug-likeness (QED) is 0.173. The molecule has 0 spiro atoms. The maximum absolute atomic E-state index is 15.4. The van der Waals surface area contributed by atoms with E-state index in [-0.39, 0.29) is 54.2 Å². The van der Waals surface area contributed by atoms with Crippen molar-refractivity contribution in [2.24, 2.45) is 7.05 Å². The first-order valence-electron chi connectivity index (χ1n) is 15.7. The number of β-amino-alcohol motifs (C(OH)–C–C–N with tert-alkyl or cyclic N) is 1. The van der Waals surface area contributed by atoms with Crippen LogP contribution in [0.5, 0.6) is 5.75 Å². The molecule has 7 rings (SSSR count). The van der Waals surface area contributed by atoms with Crippen molar-refractivity contribution in [1.82, 2.24) is 24.1 Å². The van der Waals surface area contributed by atoms with Crippen molar-refractivity contribution in [3.63, 3.8) is 0 Å². The summed E-state index contributed by atoms with van der Waals surface area (Å²) in [5, 5.41) is 26.8. The standard InChI is InChI=1S/C32H32FN7O9S/c1-37-23-11-16(2-5-21(23)40(32(37)47)22-6-7-26(43)35-31(22)46)19-8-9-38(13-25(19)42)14-27(44)34-18-3-4-20-17(10-18)12-24(41)30(29(20)33)39-15-28(45)36-50(39,48)49/h2-5,10-12,19,22,25,41-42H,6-9,13-15H2,1H3,(H,34,44)(H,36,45)(H,35,43,46)/t19-,22?,25+/m0/s1. The first-order chi connectivity index (χ1) is 23.7. The predicted octanol–water partition coefficient (Wildman–Crippen LogP) is 0.286. The number of piperidine rings is 2. The molecule has 262 valence electrons. The Hall–Kier alpha value is -5.33. The Bertz CT molecular complexity index is 2300. The number of aromatic nitrogens is 2. The van der Waals surface area contributed by atoms with Crippen LogP contribution < -0.4 is 25.4 Å². The van der Waals surface area contributed by atoms with Gasteiger partial charge >= 0.3 is 15.9 Å². The van der Waals surface area contributed by atoms with Crippen LogP contribution in [0.3, 0.4) is 0 Å². The monoisotopic (exact) mass is 709 g/mol. The summed E-state index contributed by atoms with van der Waals surface area (Å²) in [7, 11) is -2.76. The number of hydrogen-bond donors (Lipinski definition) is 5. The number of amides is 4. The lowest BCUT2D eigenvalue weighted by atomic mass is 9.87. The third-order valence-corrected chi connectivity index (χ3v) is 10.9. The first-order valence-corrected chi connectivity index (χ1v) is 17.2. The van der Waals surface area contributed by atoms with E-state index in [1.807, 2.05) is 12.1 Å². The molecular weight excluding hydrogens is 677 g/mol. The summed E-state index contributed by atoms with van der Waals surface area (Å²) in [4.78, 5) is 63.7. The van der Waals surface area contributed by atoms with Crippen molar-refractivity contribution in [3.8, 4) is 5.75 Å². The number of likely N-dealkylation sites (tertiary alicyclic amines) is 1. The molecule has 16 nitrogen and oxygen atoms in total. The molecule has 3 fully saturated rings. The number of carbonyl (C=O) groups excluding carboxylic acids is 4. The van der Waals surface area contributed by atoms with Gasteiger partial charge in [0.1, 0.15) is 24.0 Å². The van der Waals surface area contributed by atoms with Crippen LogP contribution in [0, 0.1) is 5.82 Å². The number of aryl methyl sites for hydroxylation is 1. The molecule has 4 heterocycles. The highest BCUT2D eigenvalue weighted by molar-refractivity contribution is 7.92. The lowest BCUT2D eigenvalue weighted by molar-refractivity contribution is -0.135. The first kappa shape index (κ1) is 33.2. The zero-order valence-corrected chi connectivity index (χ0v) is 27.4. The van der Waals surface area contributed by atoms with Crippen LogP contribution in [0.1, 0.15) is 36.8 Å². The van der Waals surface area contributed by atoms with E-state index in [1.54, 1.807) is 22.7 Å². The Labute approximate surface area is 283 Å². The highest BCUT2D eigenvalue weighted by Crippen LogP contribution is 2.39. The van der Waals surface area contributed by atoms with Gasteiger partial charge in [-0.3, -0.25) is 38.5 Å². The van der Waals surface area contributed by atoms with E-state index in [0.717, 1.165) is 11.6 Å². The van der Waals surface area contributed by atoms with Crippen molar-refractivity contribution in [2.75, 3.05) is 35.8 Å². The molecule has 50 heavy (non-hydrogen) atoms. The third-order valence-electron chi connectivity index (χ3n) is 9.48. The molecule has 5 N–H and O–H groups in total. The van der Waals surface area contributed by atoms with Crippen LogP contribution in [0.2, 0.25) is 0 Å². The number of aromatic hydroxyl groups is 1. The summed E-state index contributed by atoms with van der Waals surface area (Å²) in [6, 6.07) is 9.86. The summed E-state index contributed by atoms with van der Waals surface area (Å²) < 4.78 is 44.9. The molecule has 1 unspecified atom stereocenters. The van der Waals surface area contributed by atoms with E-state index >= 15 is 4.39 Å². The normalized spacial score (nSPS) is 22.6. The molecule has 4 aromatic rings. The van der Waals surface area contributed by atoms with Gasteiger partial charge < -0.3 is 15.5 Å². The zero-order chi connectivity index (χ0) is 35.6. The SMILES string of the molecule is Cn1c(=O)n(C2CCC(=O)NC2=O)c2ccc([C@@H]3CCN(CC(=O)Nc4ccc5c(F)c(N6CC(=O)NS6(=O)=O)c(O)cc5c4)C[C@H]3O)cc21. The fourth-order valence-corrected chi connectivity index (χ4v) is 8.24. The van der Waals surface area contributed by atoms with Gasteiger partial charge in [-0.1, -0.05) is 6.07 Å². The molecule has 3 atom stereocenters. The van der Waals surface area contributed by atoms with Crippen molar-refractivity contribution in [2.45, 2.75) is 37.3 Å². The van der Waals surface area contributed by atoms with Crippen LogP contribution in [0.25, 0.3) is 21.8 Å². The van der Waals surface area contributed by atoms with Gasteiger partial charge in [-0.05, 0) is 66.7 Å². The molecule has 3 aromatic carbocycles. The number of phenols is 1. The summed E-state index contributed by atoms with van der Waals surface area (Å²) in [5.41, 5.74) is 1.16. The number of anilines is 2. The minimum Gasteiger partial charge on any atom is -0.506 e. The van der Waals surface area contributed by atoms with Gasteiger partial charge in [0, 0.05) is 37.0 Å². The van der Waals surface area contributed by atoms with E-state index in [1.165, 1.54) is 27.3 Å². The summed E-state index contributed by atoms with van der Waals surface area (Å²) >= 11 is 0. The number of benzene rings is 3. The number of nitrogens with zero attached hydrogens (tertiary/aromatic N) is 4. The van der Waals surface area contributed by atoms with Crippen molar-refractivity contribution < 1.29 is 42.2 Å². The molecule has 0 radical (unpaired) electrons. The van der Waals surface area contributed by atoms with E-state index in [2.05, 4.69) is 10.6 Å². The van der Waals surface area contributed by atoms with Gasteiger partial charge in [0.15, 0.2) is 5.82 Å². The minimum atomic E-state index is -4.36. The number of aliphatic hydroxyl groups is 1. The van der Waals surface area contributed by atoms with Crippen LogP contribution in [0.4, 0.5) is 15.8 Å². The number of imide groups is 1. The van der Waals surface area contributed by atoms with E-state index in [9.17, 15) is 42.6 Å². The van der Waals surface area contributed by atoms with Crippen LogP contribution >= 0.6 is 0 Å². The maximum Gasteiger partial charge on any atom is 0.329 e. The molecule has 1 aromatic heterocycles. The number of carbonyl (C=O) groups is 4. The van der Waals surface area contributed by atoms with Crippen molar-refractivity contribution in [3.05, 3.63) is 64.3 Å². The lowest BCUT2D eigenvalue weighted by Gasteiger charge is -2.35. The Kier molecular flexibility index (Phi) is 8.11. The smallest absolute Gasteiger partial charge is 0.329 e.